The van der Waals surface area contributed by atoms with Gasteiger partial charge in [0, 0.05) is 5.57 Å². The Balaban J connectivity index is 2.63. The van der Waals surface area contributed by atoms with E-state index >= 15 is 0 Å². The number of carbonyl (C=O) groups is 1. The van der Waals surface area contributed by atoms with E-state index in [9.17, 15) is 15.3 Å². The van der Waals surface area contributed by atoms with E-state index < -0.39 is 11.8 Å². The minimum absolute atomic E-state index is 0.0508. The molecule has 98 valence electrons. The van der Waals surface area contributed by atoms with Crippen LogP contribution in [-0.4, -0.2) is 18.0 Å². The second kappa shape index (κ2) is 5.52. The third-order valence-electron chi connectivity index (χ3n) is 2.93. The highest BCUT2D eigenvalue weighted by Crippen LogP contribution is 2.31. The number of amides is 1. The highest BCUT2D eigenvalue weighted by Gasteiger charge is 2.33. The van der Waals surface area contributed by atoms with Crippen LogP contribution in [-0.2, 0) is 4.79 Å². The highest BCUT2D eigenvalue weighted by atomic mass is 32.1. The van der Waals surface area contributed by atoms with E-state index in [1.54, 1.807) is 24.3 Å². The fourth-order valence-electron chi connectivity index (χ4n) is 1.96. The number of nitrogens with zero attached hydrogens (tertiary/aromatic N) is 2. The van der Waals surface area contributed by atoms with Crippen molar-refractivity contribution >= 4 is 28.7 Å². The van der Waals surface area contributed by atoms with Gasteiger partial charge in [-0.05, 0) is 17.7 Å². The molecule has 1 aromatic carbocycles. The number of rotatable bonds is 2. The van der Waals surface area contributed by atoms with Crippen LogP contribution in [0.1, 0.15) is 5.56 Å². The van der Waals surface area contributed by atoms with Crippen molar-refractivity contribution in [2.24, 2.45) is 5.92 Å². The zero-order valence-corrected chi connectivity index (χ0v) is 11.3. The van der Waals surface area contributed by atoms with E-state index in [0.717, 1.165) is 0 Å². The molecule has 1 aliphatic heterocycles. The average molecular weight is 283 g/mol. The van der Waals surface area contributed by atoms with Crippen LogP contribution in [0.15, 0.2) is 29.8 Å². The third kappa shape index (κ3) is 2.25. The van der Waals surface area contributed by atoms with Crippen LogP contribution in [0.5, 0.6) is 5.75 Å². The van der Waals surface area contributed by atoms with E-state index in [1.807, 2.05) is 12.1 Å². The zero-order valence-electron chi connectivity index (χ0n) is 10.5. The molecular formula is C14H9N3O2S. The van der Waals surface area contributed by atoms with Gasteiger partial charge in [-0.3, -0.25) is 4.79 Å². The van der Waals surface area contributed by atoms with Gasteiger partial charge >= 0.3 is 0 Å². The molecule has 0 aromatic heterocycles. The van der Waals surface area contributed by atoms with E-state index in [0.29, 0.717) is 16.9 Å². The van der Waals surface area contributed by atoms with Gasteiger partial charge in [0.1, 0.15) is 16.8 Å². The Morgan fingerprint density at radius 2 is 1.95 bits per heavy atom. The summed E-state index contributed by atoms with van der Waals surface area (Å²) in [6.07, 6.45) is 0. The Bertz CT molecular complexity index is 693. The third-order valence-corrected chi connectivity index (χ3v) is 3.23. The maximum atomic E-state index is 11.8. The standard InChI is InChI=1S/C14H9N3O2S/c1-19-9-4-2-8(3-5-9)12-10(6-15)13(18)17-14(20)11(12)7-16/h2-5,10H,1H3,(H,17,18,20). The van der Waals surface area contributed by atoms with Crippen LogP contribution in [0, 0.1) is 28.6 Å². The number of nitriles is 2. The molecule has 1 aliphatic rings. The van der Waals surface area contributed by atoms with Crippen LogP contribution in [0.2, 0.25) is 0 Å². The molecule has 1 aromatic rings. The monoisotopic (exact) mass is 283 g/mol. The molecule has 1 atom stereocenters. The molecular weight excluding hydrogens is 274 g/mol. The van der Waals surface area contributed by atoms with Crippen molar-refractivity contribution in [3.05, 3.63) is 35.4 Å². The topological polar surface area (TPSA) is 85.9 Å². The highest BCUT2D eigenvalue weighted by molar-refractivity contribution is 7.80. The van der Waals surface area contributed by atoms with Crippen LogP contribution in [0.25, 0.3) is 5.57 Å². The first-order chi connectivity index (χ1) is 9.62. The average Bonchev–Trinajstić information content (AvgIpc) is 2.46. The van der Waals surface area contributed by atoms with Crippen molar-refractivity contribution in [1.82, 2.24) is 5.32 Å². The quantitative estimate of drug-likeness (QED) is 0.833. The first kappa shape index (κ1) is 13.7. The van der Waals surface area contributed by atoms with Gasteiger partial charge < -0.3 is 10.1 Å². The number of carbonyl (C=O) groups excluding carboxylic acids is 1. The molecule has 0 spiro atoms. The first-order valence-electron chi connectivity index (χ1n) is 5.66. The minimum atomic E-state index is -1.05. The molecule has 1 N–H and O–H groups in total. The Hall–Kier alpha value is -2.70. The zero-order chi connectivity index (χ0) is 14.7. The van der Waals surface area contributed by atoms with Gasteiger partial charge in [0.05, 0.1) is 18.8 Å². The van der Waals surface area contributed by atoms with Crippen molar-refractivity contribution in [1.29, 1.82) is 10.5 Å². The summed E-state index contributed by atoms with van der Waals surface area (Å²) in [6, 6.07) is 10.6. The van der Waals surface area contributed by atoms with E-state index in [1.165, 1.54) is 7.11 Å². The molecule has 0 saturated carbocycles. The molecule has 1 unspecified atom stereocenters. The summed E-state index contributed by atoms with van der Waals surface area (Å²) in [5.74, 6) is -0.920. The van der Waals surface area contributed by atoms with E-state index in [2.05, 4.69) is 5.32 Å². The van der Waals surface area contributed by atoms with Gasteiger partial charge in [-0.25, -0.2) is 0 Å². The number of nitrogens with one attached hydrogen (secondary N) is 1. The van der Waals surface area contributed by atoms with Crippen molar-refractivity contribution in [2.75, 3.05) is 7.11 Å². The summed E-state index contributed by atoms with van der Waals surface area (Å²) < 4.78 is 5.05. The summed E-state index contributed by atoms with van der Waals surface area (Å²) in [7, 11) is 1.54. The lowest BCUT2D eigenvalue weighted by Crippen LogP contribution is -2.40. The van der Waals surface area contributed by atoms with E-state index in [-0.39, 0.29) is 10.6 Å². The van der Waals surface area contributed by atoms with Crippen molar-refractivity contribution in [3.63, 3.8) is 0 Å². The summed E-state index contributed by atoms with van der Waals surface area (Å²) in [6.45, 7) is 0. The molecule has 0 radical (unpaired) electrons. The second-order valence-electron chi connectivity index (χ2n) is 4.01. The summed E-state index contributed by atoms with van der Waals surface area (Å²) in [4.78, 5) is 11.9. The molecule has 1 heterocycles. The lowest BCUT2D eigenvalue weighted by atomic mass is 9.86. The Morgan fingerprint density at radius 3 is 2.45 bits per heavy atom. The molecule has 5 nitrogen and oxygen atoms in total. The lowest BCUT2D eigenvalue weighted by Gasteiger charge is -2.22. The fraction of sp³-hybridized carbons (Fsp3) is 0.143. The Kier molecular flexibility index (Phi) is 3.79. The molecule has 0 fully saturated rings. The second-order valence-corrected chi connectivity index (χ2v) is 4.42. The number of methoxy groups -OCH3 is 1. The van der Waals surface area contributed by atoms with Gasteiger partial charge in [-0.2, -0.15) is 10.5 Å². The van der Waals surface area contributed by atoms with Gasteiger partial charge in [-0.1, -0.05) is 24.4 Å². The number of ether oxygens (including phenoxy) is 1. The SMILES string of the molecule is COc1ccc(C2=C(C#N)C(=S)NC(=O)C2C#N)cc1. The predicted molar refractivity (Wildman–Crippen MR) is 75.4 cm³/mol. The maximum Gasteiger partial charge on any atom is 0.246 e. The fourth-order valence-corrected chi connectivity index (χ4v) is 2.22. The van der Waals surface area contributed by atoms with Crippen molar-refractivity contribution in [3.8, 4) is 17.9 Å². The molecule has 20 heavy (non-hydrogen) atoms. The predicted octanol–water partition coefficient (Wildman–Crippen LogP) is 1.57. The number of hydrogen-bond donors (Lipinski definition) is 1. The van der Waals surface area contributed by atoms with Crippen LogP contribution in [0.4, 0.5) is 0 Å². The number of benzene rings is 1. The largest absolute Gasteiger partial charge is 0.497 e. The molecule has 2 rings (SSSR count). The molecule has 6 heteroatoms. The first-order valence-corrected chi connectivity index (χ1v) is 6.06. The number of hydrogen-bond acceptors (Lipinski definition) is 5. The number of thiocarbonyl (C=S) groups is 1. The van der Waals surface area contributed by atoms with Crippen LogP contribution >= 0.6 is 12.2 Å². The van der Waals surface area contributed by atoms with Gasteiger partial charge in [-0.15, -0.1) is 0 Å². The summed E-state index contributed by atoms with van der Waals surface area (Å²) >= 11 is 4.98. The minimum Gasteiger partial charge on any atom is -0.497 e. The normalized spacial score (nSPS) is 18.1. The van der Waals surface area contributed by atoms with Crippen molar-refractivity contribution < 1.29 is 9.53 Å². The van der Waals surface area contributed by atoms with Gasteiger partial charge in [0.25, 0.3) is 0 Å². The molecule has 0 aliphatic carbocycles. The molecule has 0 bridgehead atoms. The Morgan fingerprint density at radius 1 is 1.30 bits per heavy atom. The molecule has 0 saturated heterocycles. The summed E-state index contributed by atoms with van der Waals surface area (Å²) in [5, 5.41) is 20.8. The van der Waals surface area contributed by atoms with Crippen LogP contribution in [0.3, 0.4) is 0 Å². The van der Waals surface area contributed by atoms with E-state index in [4.69, 9.17) is 17.0 Å². The maximum absolute atomic E-state index is 11.8. The lowest BCUT2D eigenvalue weighted by molar-refractivity contribution is -0.120. The van der Waals surface area contributed by atoms with Gasteiger partial charge in [0.2, 0.25) is 5.91 Å². The van der Waals surface area contributed by atoms with Gasteiger partial charge in [0.15, 0.2) is 5.92 Å². The Labute approximate surface area is 121 Å². The smallest absolute Gasteiger partial charge is 0.246 e. The summed E-state index contributed by atoms with van der Waals surface area (Å²) in [5.41, 5.74) is 1.09. The van der Waals surface area contributed by atoms with Crippen LogP contribution < -0.4 is 10.1 Å². The molecule has 1 amide bonds. The van der Waals surface area contributed by atoms with Crippen molar-refractivity contribution in [2.45, 2.75) is 0 Å².